The van der Waals surface area contributed by atoms with Crippen molar-refractivity contribution in [1.29, 1.82) is 0 Å². The minimum Gasteiger partial charge on any atom is -0.461 e. The summed E-state index contributed by atoms with van der Waals surface area (Å²) in [5, 5.41) is 8.04. The summed E-state index contributed by atoms with van der Waals surface area (Å²) in [7, 11) is 0. The number of nitrogens with one attached hydrogen (secondary N) is 2. The lowest BCUT2D eigenvalue weighted by molar-refractivity contribution is -0.134. The third kappa shape index (κ3) is 6.03. The molecule has 4 N–H and O–H groups in total. The first-order chi connectivity index (χ1) is 11.0. The third-order valence-corrected chi connectivity index (χ3v) is 2.92. The van der Waals surface area contributed by atoms with Crippen LogP contribution in [-0.4, -0.2) is 29.1 Å². The van der Waals surface area contributed by atoms with Gasteiger partial charge in [-0.15, -0.1) is 0 Å². The lowest BCUT2D eigenvalue weighted by Crippen LogP contribution is -2.30. The molecule has 0 aromatic heterocycles. The Labute approximate surface area is 141 Å². The fourth-order valence-corrected chi connectivity index (χ4v) is 1.77. The van der Waals surface area contributed by atoms with Crippen molar-refractivity contribution in [2.45, 2.75) is 27.2 Å². The summed E-state index contributed by atoms with van der Waals surface area (Å²) < 4.78 is 4.99. The minimum absolute atomic E-state index is 0.00292. The van der Waals surface area contributed by atoms with Gasteiger partial charge in [0.05, 0.1) is 18.0 Å². The van der Waals surface area contributed by atoms with E-state index in [1.807, 2.05) is 31.2 Å². The molecule has 0 atom stereocenters. The molecule has 0 aliphatic carbocycles. The van der Waals surface area contributed by atoms with E-state index in [0.717, 1.165) is 17.7 Å². The van der Waals surface area contributed by atoms with Crippen LogP contribution in [0.3, 0.4) is 0 Å². The second-order valence-corrected chi connectivity index (χ2v) is 4.92. The molecule has 0 aliphatic heterocycles. The number of hydrogen-bond acceptors (Lipinski definition) is 6. The average Bonchev–Trinajstić information content (AvgIpc) is 2.53. The van der Waals surface area contributed by atoms with Crippen LogP contribution in [-0.2, 0) is 16.0 Å². The summed E-state index contributed by atoms with van der Waals surface area (Å²) in [5.41, 5.74) is 12.9. The van der Waals surface area contributed by atoms with Crippen LogP contribution < -0.4 is 16.6 Å². The predicted octanol–water partition coefficient (Wildman–Crippen LogP) is 1.79. The van der Waals surface area contributed by atoms with Crippen molar-refractivity contribution in [2.24, 2.45) is 15.9 Å². The van der Waals surface area contributed by atoms with Crippen LogP contribution in [0.4, 0.5) is 5.69 Å². The molecule has 1 aromatic rings. The van der Waals surface area contributed by atoms with Gasteiger partial charge in [0, 0.05) is 0 Å². The Bertz CT molecular complexity index is 628. The van der Waals surface area contributed by atoms with Gasteiger partial charge < -0.3 is 10.5 Å². The molecule has 8 heteroatoms. The SMILES string of the molecule is CCOC(=O)C(=N\Nc1ccccc1CC)/C(C)=N\NC(N)=S. The minimum atomic E-state index is -0.583. The van der Waals surface area contributed by atoms with Crippen molar-refractivity contribution in [2.75, 3.05) is 12.0 Å². The van der Waals surface area contributed by atoms with Gasteiger partial charge in [-0.2, -0.15) is 10.2 Å². The largest absolute Gasteiger partial charge is 0.461 e. The van der Waals surface area contributed by atoms with Gasteiger partial charge in [-0.1, -0.05) is 25.1 Å². The lowest BCUT2D eigenvalue weighted by Gasteiger charge is -2.09. The second-order valence-electron chi connectivity index (χ2n) is 4.48. The first-order valence-electron chi connectivity index (χ1n) is 7.18. The van der Waals surface area contributed by atoms with Crippen LogP contribution in [0.2, 0.25) is 0 Å². The summed E-state index contributed by atoms with van der Waals surface area (Å²) in [6.07, 6.45) is 0.837. The van der Waals surface area contributed by atoms with E-state index in [0.29, 0.717) is 5.71 Å². The predicted molar refractivity (Wildman–Crippen MR) is 96.5 cm³/mol. The average molecular weight is 335 g/mol. The maximum absolute atomic E-state index is 12.0. The Kier molecular flexibility index (Phi) is 7.69. The number of anilines is 1. The molecular formula is C15H21N5O2S. The third-order valence-electron chi connectivity index (χ3n) is 2.83. The molecule has 0 radical (unpaired) electrons. The number of ether oxygens (including phenoxy) is 1. The molecule has 0 saturated carbocycles. The Balaban J connectivity index is 3.05. The van der Waals surface area contributed by atoms with Gasteiger partial charge in [-0.25, -0.2) is 4.79 Å². The number of carbonyl (C=O) groups excluding carboxylic acids is 1. The topological polar surface area (TPSA) is 101 Å². The summed E-state index contributed by atoms with van der Waals surface area (Å²) in [6, 6.07) is 7.69. The van der Waals surface area contributed by atoms with Crippen LogP contribution in [0, 0.1) is 0 Å². The number of nitrogens with zero attached hydrogens (tertiary/aromatic N) is 2. The van der Waals surface area contributed by atoms with E-state index in [-0.39, 0.29) is 17.4 Å². The molecule has 0 amide bonds. The lowest BCUT2D eigenvalue weighted by atomic mass is 10.1. The van der Waals surface area contributed by atoms with E-state index in [1.165, 1.54) is 0 Å². The number of hydrazone groups is 2. The van der Waals surface area contributed by atoms with E-state index in [9.17, 15) is 4.79 Å². The maximum Gasteiger partial charge on any atom is 0.360 e. The number of carbonyl (C=O) groups is 1. The van der Waals surface area contributed by atoms with E-state index < -0.39 is 5.97 Å². The van der Waals surface area contributed by atoms with Crippen molar-refractivity contribution < 1.29 is 9.53 Å². The highest BCUT2D eigenvalue weighted by Crippen LogP contribution is 2.15. The molecule has 1 aromatic carbocycles. The first kappa shape index (κ1) is 18.6. The summed E-state index contributed by atoms with van der Waals surface area (Å²) in [5.74, 6) is -0.583. The smallest absolute Gasteiger partial charge is 0.360 e. The molecule has 1 rings (SSSR count). The molecule has 0 fully saturated rings. The molecule has 23 heavy (non-hydrogen) atoms. The van der Waals surface area contributed by atoms with Gasteiger partial charge in [0.2, 0.25) is 0 Å². The highest BCUT2D eigenvalue weighted by molar-refractivity contribution is 7.80. The normalized spacial score (nSPS) is 11.8. The van der Waals surface area contributed by atoms with Crippen molar-refractivity contribution in [1.82, 2.24) is 5.43 Å². The number of rotatable bonds is 7. The van der Waals surface area contributed by atoms with Crippen LogP contribution in [0.25, 0.3) is 0 Å². The number of hydrogen-bond donors (Lipinski definition) is 3. The quantitative estimate of drug-likeness (QED) is 0.304. The number of aryl methyl sites for hydroxylation is 1. The van der Waals surface area contributed by atoms with E-state index in [2.05, 4.69) is 33.3 Å². The zero-order chi connectivity index (χ0) is 17.2. The Morgan fingerprint density at radius 2 is 2.00 bits per heavy atom. The highest BCUT2D eigenvalue weighted by Gasteiger charge is 2.17. The standard InChI is InChI=1S/C15H21N5O2S/c1-4-11-8-6-7-9-12(11)18-19-13(14(21)22-5-2)10(3)17-20-15(16)23/h6-9,18H,4-5H2,1-3H3,(H3,16,20,23)/b17-10-,19-13-. The Hall–Kier alpha value is -2.48. The van der Waals surface area contributed by atoms with Gasteiger partial charge in [-0.05, 0) is 44.1 Å². The number of esters is 1. The Morgan fingerprint density at radius 3 is 2.61 bits per heavy atom. The van der Waals surface area contributed by atoms with Crippen molar-refractivity contribution in [3.05, 3.63) is 29.8 Å². The summed E-state index contributed by atoms with van der Waals surface area (Å²) >= 11 is 4.68. The van der Waals surface area contributed by atoms with E-state index in [4.69, 9.17) is 10.5 Å². The van der Waals surface area contributed by atoms with Gasteiger partial charge in [0.1, 0.15) is 0 Å². The van der Waals surface area contributed by atoms with Gasteiger partial charge in [0.15, 0.2) is 10.8 Å². The molecule has 0 saturated heterocycles. The summed E-state index contributed by atoms with van der Waals surface area (Å²) in [4.78, 5) is 12.0. The maximum atomic E-state index is 12.0. The first-order valence-corrected chi connectivity index (χ1v) is 7.59. The molecule has 0 aliphatic rings. The van der Waals surface area contributed by atoms with Crippen LogP contribution in [0.1, 0.15) is 26.3 Å². The number of nitrogens with two attached hydrogens (primary N) is 1. The molecule has 0 bridgehead atoms. The van der Waals surface area contributed by atoms with Gasteiger partial charge in [-0.3, -0.25) is 10.9 Å². The van der Waals surface area contributed by atoms with Crippen molar-refractivity contribution >= 4 is 40.4 Å². The fraction of sp³-hybridized carbons (Fsp3) is 0.333. The molecule has 7 nitrogen and oxygen atoms in total. The molecular weight excluding hydrogens is 314 g/mol. The second kappa shape index (κ2) is 9.52. The van der Waals surface area contributed by atoms with Gasteiger partial charge >= 0.3 is 5.97 Å². The molecule has 0 unspecified atom stereocenters. The van der Waals surface area contributed by atoms with Gasteiger partial charge in [0.25, 0.3) is 0 Å². The highest BCUT2D eigenvalue weighted by atomic mass is 32.1. The Morgan fingerprint density at radius 1 is 1.30 bits per heavy atom. The molecule has 124 valence electrons. The van der Waals surface area contributed by atoms with Crippen molar-refractivity contribution in [3.63, 3.8) is 0 Å². The van der Waals surface area contributed by atoms with Crippen LogP contribution in [0.5, 0.6) is 0 Å². The number of para-hydroxylation sites is 1. The van der Waals surface area contributed by atoms with Crippen LogP contribution in [0.15, 0.2) is 34.5 Å². The summed E-state index contributed by atoms with van der Waals surface area (Å²) in [6.45, 7) is 5.60. The zero-order valence-electron chi connectivity index (χ0n) is 13.4. The van der Waals surface area contributed by atoms with Crippen molar-refractivity contribution in [3.8, 4) is 0 Å². The monoisotopic (exact) mass is 335 g/mol. The van der Waals surface area contributed by atoms with E-state index in [1.54, 1.807) is 13.8 Å². The molecule has 0 heterocycles. The zero-order valence-corrected chi connectivity index (χ0v) is 14.2. The fourth-order valence-electron chi connectivity index (χ4n) is 1.72. The molecule has 0 spiro atoms. The number of benzene rings is 1. The van der Waals surface area contributed by atoms with E-state index >= 15 is 0 Å². The number of thiocarbonyl (C=S) groups is 1. The van der Waals surface area contributed by atoms with Crippen LogP contribution >= 0.6 is 12.2 Å².